The van der Waals surface area contributed by atoms with E-state index in [9.17, 15) is 8.78 Å². The van der Waals surface area contributed by atoms with Gasteiger partial charge in [-0.25, -0.2) is 8.78 Å². The standard InChI is InChI=1S/C7H4Cl2F2N2/c8-4-1-5(10)7(11)3(2-13-12)6(4)9/h1-2H,12H2. The van der Waals surface area contributed by atoms with Gasteiger partial charge in [0.2, 0.25) is 0 Å². The minimum Gasteiger partial charge on any atom is -0.323 e. The van der Waals surface area contributed by atoms with E-state index < -0.39 is 11.6 Å². The van der Waals surface area contributed by atoms with Gasteiger partial charge in [0.15, 0.2) is 11.6 Å². The summed E-state index contributed by atoms with van der Waals surface area (Å²) >= 11 is 11.0. The summed E-state index contributed by atoms with van der Waals surface area (Å²) in [4.78, 5) is 0. The Hall–Kier alpha value is -0.870. The van der Waals surface area contributed by atoms with Gasteiger partial charge in [-0.05, 0) is 6.07 Å². The van der Waals surface area contributed by atoms with E-state index in [0.29, 0.717) is 0 Å². The van der Waals surface area contributed by atoms with Crippen molar-refractivity contribution in [3.63, 3.8) is 0 Å². The van der Waals surface area contributed by atoms with Crippen LogP contribution in [0.15, 0.2) is 11.2 Å². The minimum absolute atomic E-state index is 0.0875. The molecule has 13 heavy (non-hydrogen) atoms. The molecule has 1 aromatic rings. The maximum atomic E-state index is 13.0. The fourth-order valence-electron chi connectivity index (χ4n) is 0.780. The Kier molecular flexibility index (Phi) is 3.06. The van der Waals surface area contributed by atoms with Crippen LogP contribution >= 0.6 is 23.2 Å². The molecule has 1 rings (SSSR count). The van der Waals surface area contributed by atoms with Crippen LogP contribution in [0.25, 0.3) is 0 Å². The van der Waals surface area contributed by atoms with Crippen LogP contribution in [0.1, 0.15) is 5.56 Å². The number of halogens is 4. The number of hydrogen-bond acceptors (Lipinski definition) is 2. The predicted octanol–water partition coefficient (Wildman–Crippen LogP) is 2.56. The lowest BCUT2D eigenvalue weighted by Gasteiger charge is -2.02. The second-order valence-corrected chi connectivity index (χ2v) is 2.95. The monoisotopic (exact) mass is 224 g/mol. The number of rotatable bonds is 1. The highest BCUT2D eigenvalue weighted by molar-refractivity contribution is 6.43. The van der Waals surface area contributed by atoms with E-state index in [1.165, 1.54) is 0 Å². The van der Waals surface area contributed by atoms with E-state index in [1.54, 1.807) is 0 Å². The number of hydrazone groups is 1. The molecule has 1 aromatic carbocycles. The molecule has 0 aromatic heterocycles. The molecule has 0 spiro atoms. The lowest BCUT2D eigenvalue weighted by Crippen LogP contribution is -1.97. The fraction of sp³-hybridized carbons (Fsp3) is 0. The van der Waals surface area contributed by atoms with Crippen molar-refractivity contribution in [2.75, 3.05) is 0 Å². The Morgan fingerprint density at radius 3 is 2.54 bits per heavy atom. The molecule has 0 unspecified atom stereocenters. The van der Waals surface area contributed by atoms with E-state index in [1.807, 2.05) is 0 Å². The summed E-state index contributed by atoms with van der Waals surface area (Å²) in [5, 5.41) is 2.83. The molecular weight excluding hydrogens is 221 g/mol. The van der Waals surface area contributed by atoms with E-state index in [0.717, 1.165) is 12.3 Å². The second kappa shape index (κ2) is 3.89. The Labute approximate surface area is 82.9 Å². The van der Waals surface area contributed by atoms with Crippen molar-refractivity contribution in [3.05, 3.63) is 33.3 Å². The van der Waals surface area contributed by atoms with Gasteiger partial charge in [-0.2, -0.15) is 5.10 Å². The molecule has 0 fully saturated rings. The Bertz CT molecular complexity index is 340. The van der Waals surface area contributed by atoms with E-state index in [-0.39, 0.29) is 15.6 Å². The van der Waals surface area contributed by atoms with Gasteiger partial charge in [0.25, 0.3) is 0 Å². The largest absolute Gasteiger partial charge is 0.323 e. The fourth-order valence-corrected chi connectivity index (χ4v) is 1.16. The van der Waals surface area contributed by atoms with Crippen molar-refractivity contribution in [2.45, 2.75) is 0 Å². The first-order chi connectivity index (χ1) is 6.07. The third-order valence-corrected chi connectivity index (χ3v) is 2.15. The summed E-state index contributed by atoms with van der Waals surface area (Å²) < 4.78 is 25.7. The highest BCUT2D eigenvalue weighted by Crippen LogP contribution is 2.28. The van der Waals surface area contributed by atoms with Crippen molar-refractivity contribution in [2.24, 2.45) is 10.9 Å². The molecule has 0 aliphatic heterocycles. The lowest BCUT2D eigenvalue weighted by molar-refractivity contribution is 0.507. The highest BCUT2D eigenvalue weighted by Gasteiger charge is 2.14. The van der Waals surface area contributed by atoms with E-state index >= 15 is 0 Å². The second-order valence-electron chi connectivity index (χ2n) is 2.16. The zero-order valence-corrected chi connectivity index (χ0v) is 7.70. The van der Waals surface area contributed by atoms with Gasteiger partial charge < -0.3 is 5.84 Å². The minimum atomic E-state index is -1.12. The molecule has 70 valence electrons. The maximum Gasteiger partial charge on any atom is 0.169 e. The highest BCUT2D eigenvalue weighted by atomic mass is 35.5. The topological polar surface area (TPSA) is 38.4 Å². The van der Waals surface area contributed by atoms with Crippen LogP contribution in [0.2, 0.25) is 10.0 Å². The zero-order valence-electron chi connectivity index (χ0n) is 6.19. The van der Waals surface area contributed by atoms with Crippen LogP contribution in [0.3, 0.4) is 0 Å². The van der Waals surface area contributed by atoms with Crippen molar-refractivity contribution >= 4 is 29.4 Å². The smallest absolute Gasteiger partial charge is 0.169 e. The van der Waals surface area contributed by atoms with Crippen LogP contribution in [-0.4, -0.2) is 6.21 Å². The van der Waals surface area contributed by atoms with Gasteiger partial charge in [0.1, 0.15) is 0 Å². The van der Waals surface area contributed by atoms with Gasteiger partial charge in [-0.3, -0.25) is 0 Å². The zero-order chi connectivity index (χ0) is 10.0. The first-order valence-electron chi connectivity index (χ1n) is 3.14. The number of benzene rings is 1. The van der Waals surface area contributed by atoms with Crippen LogP contribution in [0, 0.1) is 11.6 Å². The Morgan fingerprint density at radius 2 is 2.00 bits per heavy atom. The van der Waals surface area contributed by atoms with Crippen molar-refractivity contribution < 1.29 is 8.78 Å². The SMILES string of the molecule is NN=Cc1c(F)c(F)cc(Cl)c1Cl. The number of nitrogens with two attached hydrogens (primary N) is 1. The molecule has 0 heterocycles. The third kappa shape index (κ3) is 1.89. The predicted molar refractivity (Wildman–Crippen MR) is 48.2 cm³/mol. The molecular formula is C7H4Cl2F2N2. The van der Waals surface area contributed by atoms with Crippen molar-refractivity contribution in [1.82, 2.24) is 0 Å². The third-order valence-electron chi connectivity index (χ3n) is 1.35. The average molecular weight is 225 g/mol. The summed E-state index contributed by atoms with van der Waals surface area (Å²) in [5.74, 6) is 2.56. The normalized spacial score (nSPS) is 11.1. The van der Waals surface area contributed by atoms with Gasteiger partial charge in [0.05, 0.1) is 21.8 Å². The van der Waals surface area contributed by atoms with Crippen LogP contribution in [-0.2, 0) is 0 Å². The first kappa shape index (κ1) is 10.2. The molecule has 0 saturated heterocycles. The maximum absolute atomic E-state index is 13.0. The van der Waals surface area contributed by atoms with Gasteiger partial charge in [0, 0.05) is 0 Å². The van der Waals surface area contributed by atoms with E-state index in [4.69, 9.17) is 29.0 Å². The number of hydrogen-bond donors (Lipinski definition) is 1. The molecule has 0 aliphatic carbocycles. The molecule has 0 atom stereocenters. The van der Waals surface area contributed by atoms with Gasteiger partial charge in [-0.1, -0.05) is 23.2 Å². The molecule has 0 radical (unpaired) electrons. The van der Waals surface area contributed by atoms with Crippen LogP contribution in [0.4, 0.5) is 8.78 Å². The van der Waals surface area contributed by atoms with Crippen LogP contribution < -0.4 is 5.84 Å². The summed E-state index contributed by atoms with van der Waals surface area (Å²) in [5.41, 5.74) is -0.255. The van der Waals surface area contributed by atoms with Gasteiger partial charge >= 0.3 is 0 Å². The quantitative estimate of drug-likeness (QED) is 0.339. The summed E-state index contributed by atoms with van der Waals surface area (Å²) in [6, 6.07) is 0.785. The molecule has 0 bridgehead atoms. The molecule has 2 N–H and O–H groups in total. The van der Waals surface area contributed by atoms with Crippen molar-refractivity contribution in [1.29, 1.82) is 0 Å². The Morgan fingerprint density at radius 1 is 1.38 bits per heavy atom. The lowest BCUT2D eigenvalue weighted by atomic mass is 10.2. The molecule has 0 saturated carbocycles. The Balaban J connectivity index is 3.46. The van der Waals surface area contributed by atoms with E-state index in [2.05, 4.69) is 5.10 Å². The average Bonchev–Trinajstić information content (AvgIpc) is 2.09. The molecule has 2 nitrogen and oxygen atoms in total. The molecule has 0 amide bonds. The summed E-state index contributed by atoms with van der Waals surface area (Å²) in [7, 11) is 0. The van der Waals surface area contributed by atoms with Crippen molar-refractivity contribution in [3.8, 4) is 0 Å². The molecule has 6 heteroatoms. The number of nitrogens with zero attached hydrogens (tertiary/aromatic N) is 1. The van der Waals surface area contributed by atoms with Crippen LogP contribution in [0.5, 0.6) is 0 Å². The molecule has 0 aliphatic rings. The summed E-state index contributed by atoms with van der Waals surface area (Å²) in [6.45, 7) is 0. The van der Waals surface area contributed by atoms with Gasteiger partial charge in [-0.15, -0.1) is 0 Å². The first-order valence-corrected chi connectivity index (χ1v) is 3.89. The summed E-state index contributed by atoms with van der Waals surface area (Å²) in [6.07, 6.45) is 0.895.